The number of rotatable bonds is 11. The molecule has 12 nitrogen and oxygen atoms in total. The summed E-state index contributed by atoms with van der Waals surface area (Å²) >= 11 is 3.57. The smallest absolute Gasteiger partial charge is 0.408 e. The third kappa shape index (κ3) is 10.9. The molecule has 0 bridgehead atoms. The molecule has 8 atom stereocenters. The highest BCUT2D eigenvalue weighted by Crippen LogP contribution is 2.53. The molecule has 0 saturated carbocycles. The molecule has 0 aliphatic carbocycles. The molecule has 4 aliphatic rings. The standard InChI is InChI=1S/C22H33N3O4S.C17H25N3O2S/c1-14(2)13-16(24-20(27)29-21(3,4)5)18(26)25-22-17(15-9-7-6-8-10-15)30-12-11-23-19(22)28-22;1-11(2)10-13(18)15(21)20-17-14(12-6-4-3-5-7-12)23-9-8-19-16(17)22-17/h6-10,14,16-17,19,23H,11-13H2,1-5H3,(H,24,27)(H,25,26);3-7,11,13-14,16,19H,8-10,18H2,1-2H3,(H,20,21)/t16-,17?,19?,22?;13-,14?,16?,17?/m00/s1. The Morgan fingerprint density at radius 2 is 1.25 bits per heavy atom. The van der Waals surface area contributed by atoms with E-state index < -0.39 is 35.2 Å². The van der Waals surface area contributed by atoms with E-state index in [0.29, 0.717) is 18.8 Å². The lowest BCUT2D eigenvalue weighted by Gasteiger charge is -2.28. The van der Waals surface area contributed by atoms with Gasteiger partial charge in [0.25, 0.3) is 0 Å². The lowest BCUT2D eigenvalue weighted by Crippen LogP contribution is -2.54. The molecule has 2 aromatic rings. The first-order valence-electron chi connectivity index (χ1n) is 18.7. The second-order valence-electron chi connectivity index (χ2n) is 15.9. The summed E-state index contributed by atoms with van der Waals surface area (Å²) in [6.45, 7) is 15.2. The molecule has 53 heavy (non-hydrogen) atoms. The second kappa shape index (κ2) is 17.7. The molecule has 0 spiro atoms. The van der Waals surface area contributed by atoms with E-state index in [9.17, 15) is 14.4 Å². The Bertz CT molecular complexity index is 1530. The van der Waals surface area contributed by atoms with Crippen LogP contribution in [0.4, 0.5) is 4.79 Å². The average molecular weight is 771 g/mol. The molecule has 292 valence electrons. The lowest BCUT2D eigenvalue weighted by molar-refractivity contribution is -0.126. The van der Waals surface area contributed by atoms with Gasteiger partial charge in [0.15, 0.2) is 23.9 Å². The molecule has 4 heterocycles. The quantitative estimate of drug-likeness (QED) is 0.174. The number of nitrogens with one attached hydrogen (secondary N) is 5. The van der Waals surface area contributed by atoms with E-state index in [1.807, 2.05) is 62.0 Å². The SMILES string of the molecule is CC(C)C[C@H](N)C(=O)NC12OC1NCCSC2c1ccccc1.CC(C)C[C@H](NC(=O)OC(C)(C)C)C(=O)NC12OC1NCCSC2c1ccccc1. The van der Waals surface area contributed by atoms with Crippen LogP contribution in [-0.4, -0.2) is 84.1 Å². The first kappa shape index (κ1) is 41.3. The maximum absolute atomic E-state index is 13.3. The minimum atomic E-state index is -0.829. The van der Waals surface area contributed by atoms with Crippen molar-refractivity contribution in [1.82, 2.24) is 26.6 Å². The highest BCUT2D eigenvalue weighted by atomic mass is 32.2. The Morgan fingerprint density at radius 3 is 1.68 bits per heavy atom. The van der Waals surface area contributed by atoms with Crippen LogP contribution in [0.2, 0.25) is 0 Å². The molecule has 0 aromatic heterocycles. The van der Waals surface area contributed by atoms with E-state index in [1.54, 1.807) is 32.5 Å². The molecule has 2 aromatic carbocycles. The van der Waals surface area contributed by atoms with Crippen molar-refractivity contribution in [3.05, 3.63) is 71.8 Å². The zero-order chi connectivity index (χ0) is 38.4. The second-order valence-corrected chi connectivity index (χ2v) is 18.3. The monoisotopic (exact) mass is 770 g/mol. The molecule has 4 fully saturated rings. The number of fused-ring (bicyclic) bond motifs is 2. The summed E-state index contributed by atoms with van der Waals surface area (Å²) in [5.41, 5.74) is 6.17. The van der Waals surface area contributed by atoms with E-state index in [2.05, 4.69) is 64.7 Å². The number of epoxide rings is 2. The van der Waals surface area contributed by atoms with Crippen molar-refractivity contribution in [3.63, 3.8) is 0 Å². The number of ether oxygens (including phenoxy) is 3. The van der Waals surface area contributed by atoms with Gasteiger partial charge in [0.1, 0.15) is 11.6 Å². The Labute approximate surface area is 322 Å². The summed E-state index contributed by atoms with van der Waals surface area (Å²) in [5, 5.41) is 15.7. The molecular weight excluding hydrogens is 713 g/mol. The van der Waals surface area contributed by atoms with Crippen LogP contribution in [0.25, 0.3) is 0 Å². The summed E-state index contributed by atoms with van der Waals surface area (Å²) in [5.74, 6) is 2.11. The maximum atomic E-state index is 13.3. The van der Waals surface area contributed by atoms with Crippen molar-refractivity contribution >= 4 is 41.4 Å². The highest BCUT2D eigenvalue weighted by molar-refractivity contribution is 7.99. The number of nitrogens with two attached hydrogens (primary N) is 1. The molecular formula is C39H58N6O6S2. The van der Waals surface area contributed by atoms with Crippen LogP contribution in [0, 0.1) is 11.8 Å². The minimum absolute atomic E-state index is 0.0381. The summed E-state index contributed by atoms with van der Waals surface area (Å²) in [6, 6.07) is 19.1. The third-order valence-electron chi connectivity index (χ3n) is 9.12. The van der Waals surface area contributed by atoms with Crippen LogP contribution in [0.5, 0.6) is 0 Å². The van der Waals surface area contributed by atoms with Gasteiger partial charge in [-0.05, 0) is 56.6 Å². The Morgan fingerprint density at radius 1 is 0.792 bits per heavy atom. The van der Waals surface area contributed by atoms with Crippen molar-refractivity contribution in [2.24, 2.45) is 17.6 Å². The fourth-order valence-electron chi connectivity index (χ4n) is 6.69. The Kier molecular flexibility index (Phi) is 13.8. The topological polar surface area (TPSA) is 172 Å². The van der Waals surface area contributed by atoms with Gasteiger partial charge in [-0.25, -0.2) is 4.79 Å². The lowest BCUT2D eigenvalue weighted by atomic mass is 10.0. The molecule has 7 N–H and O–H groups in total. The molecule has 3 amide bonds. The van der Waals surface area contributed by atoms with Crippen molar-refractivity contribution in [2.75, 3.05) is 24.6 Å². The van der Waals surface area contributed by atoms with Gasteiger partial charge in [-0.3, -0.25) is 20.2 Å². The molecule has 6 rings (SSSR count). The zero-order valence-electron chi connectivity index (χ0n) is 32.0. The van der Waals surface area contributed by atoms with Crippen LogP contribution >= 0.6 is 23.5 Å². The van der Waals surface area contributed by atoms with Crippen LogP contribution in [0.15, 0.2) is 60.7 Å². The number of hydrogen-bond acceptors (Lipinski definition) is 11. The number of benzene rings is 2. The fourth-order valence-corrected chi connectivity index (χ4v) is 9.30. The van der Waals surface area contributed by atoms with E-state index in [0.717, 1.165) is 30.2 Å². The fraction of sp³-hybridized carbons (Fsp3) is 0.615. The highest BCUT2D eigenvalue weighted by Gasteiger charge is 2.65. The molecule has 0 radical (unpaired) electrons. The normalized spacial score (nSPS) is 28.7. The van der Waals surface area contributed by atoms with Gasteiger partial charge in [-0.15, -0.1) is 23.5 Å². The summed E-state index contributed by atoms with van der Waals surface area (Å²) in [4.78, 5) is 38.1. The molecule has 4 saturated heterocycles. The van der Waals surface area contributed by atoms with Gasteiger partial charge < -0.3 is 35.9 Å². The zero-order valence-corrected chi connectivity index (χ0v) is 33.6. The molecule has 14 heteroatoms. The number of hydrogen-bond donors (Lipinski definition) is 6. The van der Waals surface area contributed by atoms with Crippen LogP contribution < -0.4 is 32.3 Å². The van der Waals surface area contributed by atoms with Crippen molar-refractivity contribution in [3.8, 4) is 0 Å². The Hall–Kier alpha value is -2.85. The summed E-state index contributed by atoms with van der Waals surface area (Å²) in [7, 11) is 0. The van der Waals surface area contributed by atoms with Gasteiger partial charge in [-0.1, -0.05) is 88.4 Å². The Balaban J connectivity index is 0.000000211. The number of carbonyl (C=O) groups is 3. The average Bonchev–Trinajstić information content (AvgIpc) is 3.98. The number of alkyl carbamates (subject to hydrolysis) is 1. The van der Waals surface area contributed by atoms with E-state index >= 15 is 0 Å². The predicted molar refractivity (Wildman–Crippen MR) is 211 cm³/mol. The molecule has 4 aliphatic heterocycles. The molecule has 6 unspecified atom stereocenters. The number of carbonyl (C=O) groups excluding carboxylic acids is 3. The van der Waals surface area contributed by atoms with Crippen molar-refractivity contribution in [1.29, 1.82) is 0 Å². The number of thioether (sulfide) groups is 2. The summed E-state index contributed by atoms with van der Waals surface area (Å²) in [6.07, 6.45) is 0.189. The largest absolute Gasteiger partial charge is 0.444 e. The van der Waals surface area contributed by atoms with Crippen LogP contribution in [0.1, 0.15) is 82.9 Å². The third-order valence-corrected chi connectivity index (χ3v) is 11.9. The van der Waals surface area contributed by atoms with Gasteiger partial charge in [-0.2, -0.15) is 0 Å². The van der Waals surface area contributed by atoms with Gasteiger partial charge in [0.2, 0.25) is 11.8 Å². The van der Waals surface area contributed by atoms with Crippen molar-refractivity contribution < 1.29 is 28.6 Å². The minimum Gasteiger partial charge on any atom is -0.444 e. The van der Waals surface area contributed by atoms with Gasteiger partial charge in [0.05, 0.1) is 16.5 Å². The first-order chi connectivity index (χ1) is 25.1. The van der Waals surface area contributed by atoms with Gasteiger partial charge in [0, 0.05) is 24.6 Å². The maximum Gasteiger partial charge on any atom is 0.408 e. The van der Waals surface area contributed by atoms with Crippen LogP contribution in [0.3, 0.4) is 0 Å². The van der Waals surface area contributed by atoms with Gasteiger partial charge >= 0.3 is 6.09 Å². The predicted octanol–water partition coefficient (Wildman–Crippen LogP) is 4.78. The summed E-state index contributed by atoms with van der Waals surface area (Å²) < 4.78 is 17.3. The van der Waals surface area contributed by atoms with Crippen molar-refractivity contribution in [2.45, 2.75) is 113 Å². The van der Waals surface area contributed by atoms with E-state index in [1.165, 1.54) is 5.56 Å². The van der Waals surface area contributed by atoms with Crippen LogP contribution in [-0.2, 0) is 23.8 Å². The number of amides is 3. The van der Waals surface area contributed by atoms with E-state index in [-0.39, 0.29) is 40.7 Å². The first-order valence-corrected chi connectivity index (χ1v) is 20.8. The van der Waals surface area contributed by atoms with E-state index in [4.69, 9.17) is 19.9 Å².